The van der Waals surface area contributed by atoms with Crippen LogP contribution in [0.5, 0.6) is 0 Å². The summed E-state index contributed by atoms with van der Waals surface area (Å²) in [5.74, 6) is -1.35. The van der Waals surface area contributed by atoms with Gasteiger partial charge in [0.15, 0.2) is 0 Å². The van der Waals surface area contributed by atoms with Gasteiger partial charge in [0.2, 0.25) is 5.91 Å². The second-order valence-corrected chi connectivity index (χ2v) is 7.09. The number of carbonyl (C=O) groups is 1. The van der Waals surface area contributed by atoms with Crippen molar-refractivity contribution in [3.63, 3.8) is 0 Å². The van der Waals surface area contributed by atoms with E-state index >= 15 is 0 Å². The maximum Gasteiger partial charge on any atom is 0.237 e. The maximum absolute atomic E-state index is 14.1. The van der Waals surface area contributed by atoms with Gasteiger partial charge in [-0.05, 0) is 47.5 Å². The van der Waals surface area contributed by atoms with Gasteiger partial charge >= 0.3 is 0 Å². The van der Waals surface area contributed by atoms with Gasteiger partial charge in [0.1, 0.15) is 11.7 Å². The van der Waals surface area contributed by atoms with Gasteiger partial charge in [0, 0.05) is 36.2 Å². The summed E-state index contributed by atoms with van der Waals surface area (Å²) in [6.45, 7) is 1.80. The number of fused-ring (bicyclic) bond motifs is 2. The molecule has 138 valence electrons. The summed E-state index contributed by atoms with van der Waals surface area (Å²) >= 11 is 0. The fraction of sp³-hybridized carbons (Fsp3) is 0.130. The molecule has 2 aliphatic rings. The molecule has 1 atom stereocenters. The highest BCUT2D eigenvalue weighted by Crippen LogP contribution is 2.34. The molecule has 1 unspecified atom stereocenters. The van der Waals surface area contributed by atoms with Gasteiger partial charge in [0.05, 0.1) is 5.69 Å². The van der Waals surface area contributed by atoms with E-state index in [9.17, 15) is 9.18 Å². The van der Waals surface area contributed by atoms with Crippen molar-refractivity contribution in [2.24, 2.45) is 4.99 Å². The summed E-state index contributed by atoms with van der Waals surface area (Å²) in [7, 11) is 0. The number of anilines is 2. The van der Waals surface area contributed by atoms with Crippen molar-refractivity contribution in [3.05, 3.63) is 89.2 Å². The SMILES string of the molecule is O=C1Nc2cccc(F)c2C1C=Nc1ccc(N2Cc3ccccc3C2)cc1. The van der Waals surface area contributed by atoms with Crippen LogP contribution in [-0.4, -0.2) is 12.1 Å². The van der Waals surface area contributed by atoms with Crippen molar-refractivity contribution in [2.75, 3.05) is 10.2 Å². The molecule has 0 spiro atoms. The van der Waals surface area contributed by atoms with Gasteiger partial charge < -0.3 is 10.2 Å². The number of nitrogens with zero attached hydrogens (tertiary/aromatic N) is 2. The van der Waals surface area contributed by atoms with Crippen LogP contribution in [0.1, 0.15) is 22.6 Å². The van der Waals surface area contributed by atoms with Crippen molar-refractivity contribution in [1.29, 1.82) is 0 Å². The normalized spacial score (nSPS) is 17.7. The summed E-state index contributed by atoms with van der Waals surface area (Å²) < 4.78 is 14.1. The minimum absolute atomic E-state index is 0.254. The van der Waals surface area contributed by atoms with E-state index in [0.717, 1.165) is 24.5 Å². The molecule has 4 nitrogen and oxygen atoms in total. The number of amides is 1. The number of hydrogen-bond acceptors (Lipinski definition) is 3. The third kappa shape index (κ3) is 2.85. The van der Waals surface area contributed by atoms with Gasteiger partial charge in [-0.25, -0.2) is 4.39 Å². The van der Waals surface area contributed by atoms with Crippen LogP contribution in [0.15, 0.2) is 71.7 Å². The number of nitrogens with one attached hydrogen (secondary N) is 1. The van der Waals surface area contributed by atoms with Crippen molar-refractivity contribution in [3.8, 4) is 0 Å². The smallest absolute Gasteiger partial charge is 0.237 e. The highest BCUT2D eigenvalue weighted by molar-refractivity contribution is 6.12. The molecule has 2 aliphatic heterocycles. The lowest BCUT2D eigenvalue weighted by molar-refractivity contribution is -0.115. The third-order valence-corrected chi connectivity index (χ3v) is 5.33. The molecule has 2 heterocycles. The number of halogens is 1. The Labute approximate surface area is 162 Å². The Morgan fingerprint density at radius 1 is 0.964 bits per heavy atom. The zero-order chi connectivity index (χ0) is 19.1. The summed E-state index contributed by atoms with van der Waals surface area (Å²) in [6, 6.07) is 21.0. The number of carbonyl (C=O) groups excluding carboxylic acids is 1. The van der Waals surface area contributed by atoms with Crippen LogP contribution < -0.4 is 10.2 Å². The molecule has 0 saturated heterocycles. The lowest BCUT2D eigenvalue weighted by atomic mass is 10.0. The molecule has 28 heavy (non-hydrogen) atoms. The van der Waals surface area contributed by atoms with E-state index < -0.39 is 11.7 Å². The molecule has 3 aromatic carbocycles. The third-order valence-electron chi connectivity index (χ3n) is 5.33. The molecular formula is C23H18FN3O. The average Bonchev–Trinajstić information content (AvgIpc) is 3.28. The van der Waals surface area contributed by atoms with E-state index in [1.54, 1.807) is 12.1 Å². The molecule has 5 heteroatoms. The molecule has 3 aromatic rings. The Balaban J connectivity index is 1.33. The number of benzene rings is 3. The second kappa shape index (κ2) is 6.60. The Morgan fingerprint density at radius 2 is 1.68 bits per heavy atom. The number of hydrogen-bond donors (Lipinski definition) is 1. The molecule has 0 fully saturated rings. The van der Waals surface area contributed by atoms with Crippen molar-refractivity contribution >= 4 is 29.2 Å². The van der Waals surface area contributed by atoms with Crippen LogP contribution in [0, 0.1) is 5.82 Å². The summed E-state index contributed by atoms with van der Waals surface area (Å²) in [5.41, 5.74) is 5.46. The highest BCUT2D eigenvalue weighted by Gasteiger charge is 2.31. The minimum atomic E-state index is -0.705. The number of aliphatic imine (C=N–C) groups is 1. The van der Waals surface area contributed by atoms with E-state index in [4.69, 9.17) is 0 Å². The van der Waals surface area contributed by atoms with Crippen LogP contribution in [0.25, 0.3) is 0 Å². The van der Waals surface area contributed by atoms with Crippen LogP contribution in [0.2, 0.25) is 0 Å². The molecule has 0 bridgehead atoms. The van der Waals surface area contributed by atoms with Gasteiger partial charge in [-0.15, -0.1) is 0 Å². The predicted molar refractivity (Wildman–Crippen MR) is 109 cm³/mol. The van der Waals surface area contributed by atoms with E-state index in [0.29, 0.717) is 11.3 Å². The van der Waals surface area contributed by atoms with Gasteiger partial charge in [-0.1, -0.05) is 30.3 Å². The first kappa shape index (κ1) is 16.7. The molecular weight excluding hydrogens is 353 g/mol. The lowest BCUT2D eigenvalue weighted by Crippen LogP contribution is -2.14. The minimum Gasteiger partial charge on any atom is -0.363 e. The average molecular weight is 371 g/mol. The molecule has 0 radical (unpaired) electrons. The quantitative estimate of drug-likeness (QED) is 0.673. The first-order chi connectivity index (χ1) is 13.7. The standard InChI is InChI=1S/C23H18FN3O/c24-20-6-3-7-21-22(20)19(23(28)26-21)12-25-17-8-10-18(11-9-17)27-13-15-4-1-2-5-16(15)14-27/h1-12,19H,13-14H2,(H,26,28). The fourth-order valence-electron chi connectivity index (χ4n) is 3.87. The zero-order valence-electron chi connectivity index (χ0n) is 15.1. The van der Waals surface area contributed by atoms with Gasteiger partial charge in [-0.3, -0.25) is 9.79 Å². The molecule has 5 rings (SSSR count). The molecule has 1 amide bonds. The Bertz CT molecular complexity index is 1070. The topological polar surface area (TPSA) is 44.7 Å². The van der Waals surface area contributed by atoms with Crippen LogP contribution in [0.4, 0.5) is 21.5 Å². The predicted octanol–water partition coefficient (Wildman–Crippen LogP) is 4.78. The van der Waals surface area contributed by atoms with Crippen LogP contribution >= 0.6 is 0 Å². The maximum atomic E-state index is 14.1. The van der Waals surface area contributed by atoms with Gasteiger partial charge in [-0.2, -0.15) is 0 Å². The Hall–Kier alpha value is -3.47. The molecule has 1 N–H and O–H groups in total. The molecule has 0 aliphatic carbocycles. The van der Waals surface area contributed by atoms with E-state index in [2.05, 4.69) is 39.5 Å². The zero-order valence-corrected chi connectivity index (χ0v) is 15.1. The fourth-order valence-corrected chi connectivity index (χ4v) is 3.87. The Kier molecular flexibility index (Phi) is 3.93. The van der Waals surface area contributed by atoms with Crippen molar-refractivity contribution in [1.82, 2.24) is 0 Å². The molecule has 0 aromatic heterocycles. The summed E-state index contributed by atoms with van der Waals surface area (Å²) in [6.07, 6.45) is 1.52. The molecule has 0 saturated carbocycles. The first-order valence-electron chi connectivity index (χ1n) is 9.24. The lowest BCUT2D eigenvalue weighted by Gasteiger charge is -2.17. The van der Waals surface area contributed by atoms with Crippen molar-refractivity contribution in [2.45, 2.75) is 19.0 Å². The monoisotopic (exact) mass is 371 g/mol. The van der Waals surface area contributed by atoms with Crippen LogP contribution in [-0.2, 0) is 17.9 Å². The first-order valence-corrected chi connectivity index (χ1v) is 9.24. The van der Waals surface area contributed by atoms with E-state index in [1.165, 1.54) is 23.4 Å². The highest BCUT2D eigenvalue weighted by atomic mass is 19.1. The van der Waals surface area contributed by atoms with E-state index in [1.807, 2.05) is 24.3 Å². The second-order valence-electron chi connectivity index (χ2n) is 7.09. The van der Waals surface area contributed by atoms with Gasteiger partial charge in [0.25, 0.3) is 0 Å². The Morgan fingerprint density at radius 3 is 2.39 bits per heavy atom. The van der Waals surface area contributed by atoms with Crippen molar-refractivity contribution < 1.29 is 9.18 Å². The largest absolute Gasteiger partial charge is 0.363 e. The van der Waals surface area contributed by atoms with Crippen LogP contribution in [0.3, 0.4) is 0 Å². The number of rotatable bonds is 3. The summed E-state index contributed by atoms with van der Waals surface area (Å²) in [5, 5.41) is 2.70. The summed E-state index contributed by atoms with van der Waals surface area (Å²) in [4.78, 5) is 18.9. The van der Waals surface area contributed by atoms with E-state index in [-0.39, 0.29) is 5.91 Å².